The standard InChI is InChI=1S/C14H21N3O2/c1-16-12(7-8-15-16)14(19)17-9-3-5-11(17)10-4-2-6-13(10)18/h7-8,10-11,13,18H,2-6,9H2,1H3. The second kappa shape index (κ2) is 4.96. The SMILES string of the molecule is Cn1nccc1C(=O)N1CCCC1C1CCCC1O. The molecule has 1 saturated carbocycles. The van der Waals surface area contributed by atoms with Crippen LogP contribution in [-0.2, 0) is 7.05 Å². The molecule has 2 heterocycles. The van der Waals surface area contributed by atoms with E-state index in [4.69, 9.17) is 0 Å². The molecule has 0 radical (unpaired) electrons. The van der Waals surface area contributed by atoms with Crippen molar-refractivity contribution in [2.75, 3.05) is 6.54 Å². The third-order valence-corrected chi connectivity index (χ3v) is 4.63. The Labute approximate surface area is 113 Å². The second-order valence-electron chi connectivity index (χ2n) is 5.71. The Hall–Kier alpha value is -1.36. The van der Waals surface area contributed by atoms with Crippen molar-refractivity contribution in [3.05, 3.63) is 18.0 Å². The summed E-state index contributed by atoms with van der Waals surface area (Å²) in [5.41, 5.74) is 0.638. The number of hydrogen-bond acceptors (Lipinski definition) is 3. The van der Waals surface area contributed by atoms with Gasteiger partial charge in [-0.05, 0) is 31.7 Å². The van der Waals surface area contributed by atoms with Crippen molar-refractivity contribution < 1.29 is 9.90 Å². The van der Waals surface area contributed by atoms with Gasteiger partial charge in [0.15, 0.2) is 0 Å². The van der Waals surface area contributed by atoms with Crippen LogP contribution in [0.15, 0.2) is 12.3 Å². The van der Waals surface area contributed by atoms with Crippen LogP contribution in [0.25, 0.3) is 0 Å². The van der Waals surface area contributed by atoms with Gasteiger partial charge >= 0.3 is 0 Å². The second-order valence-corrected chi connectivity index (χ2v) is 5.71. The average molecular weight is 263 g/mol. The zero-order valence-corrected chi connectivity index (χ0v) is 11.3. The maximum Gasteiger partial charge on any atom is 0.272 e. The lowest BCUT2D eigenvalue weighted by atomic mass is 9.94. The molecule has 1 N–H and O–H groups in total. The van der Waals surface area contributed by atoms with E-state index in [0.29, 0.717) is 5.69 Å². The summed E-state index contributed by atoms with van der Waals surface area (Å²) in [5, 5.41) is 14.1. The quantitative estimate of drug-likeness (QED) is 0.872. The molecule has 1 saturated heterocycles. The van der Waals surface area contributed by atoms with E-state index in [1.165, 1.54) is 0 Å². The Morgan fingerprint density at radius 1 is 1.37 bits per heavy atom. The van der Waals surface area contributed by atoms with Gasteiger partial charge in [0.05, 0.1) is 6.10 Å². The van der Waals surface area contributed by atoms with Gasteiger partial charge in [-0.25, -0.2) is 0 Å². The zero-order valence-electron chi connectivity index (χ0n) is 11.3. The van der Waals surface area contributed by atoms with E-state index in [-0.39, 0.29) is 24.0 Å². The number of carbonyl (C=O) groups excluding carboxylic acids is 1. The van der Waals surface area contributed by atoms with E-state index < -0.39 is 0 Å². The summed E-state index contributed by atoms with van der Waals surface area (Å²) in [7, 11) is 1.79. The number of amides is 1. The van der Waals surface area contributed by atoms with Crippen molar-refractivity contribution in [2.45, 2.75) is 44.2 Å². The lowest BCUT2D eigenvalue weighted by molar-refractivity contribution is 0.0519. The van der Waals surface area contributed by atoms with Gasteiger partial charge in [0.2, 0.25) is 0 Å². The molecule has 1 aromatic heterocycles. The van der Waals surface area contributed by atoms with Crippen LogP contribution in [0.1, 0.15) is 42.6 Å². The van der Waals surface area contributed by atoms with E-state index in [0.717, 1.165) is 38.6 Å². The fraction of sp³-hybridized carbons (Fsp3) is 0.714. The molecule has 5 heteroatoms. The molecule has 104 valence electrons. The van der Waals surface area contributed by atoms with Crippen LogP contribution in [0.2, 0.25) is 0 Å². The summed E-state index contributed by atoms with van der Waals surface area (Å²) in [5.74, 6) is 0.321. The summed E-state index contributed by atoms with van der Waals surface area (Å²) in [4.78, 5) is 14.5. The number of hydrogen-bond donors (Lipinski definition) is 1. The first-order valence-electron chi connectivity index (χ1n) is 7.15. The van der Waals surface area contributed by atoms with E-state index in [1.807, 2.05) is 4.90 Å². The molecule has 3 atom stereocenters. The van der Waals surface area contributed by atoms with Gasteiger partial charge in [0.1, 0.15) is 5.69 Å². The first kappa shape index (κ1) is 12.7. The highest BCUT2D eigenvalue weighted by atomic mass is 16.3. The molecule has 3 unspecified atom stereocenters. The Kier molecular flexibility index (Phi) is 3.31. The van der Waals surface area contributed by atoms with Crippen molar-refractivity contribution in [1.82, 2.24) is 14.7 Å². The third-order valence-electron chi connectivity index (χ3n) is 4.63. The van der Waals surface area contributed by atoms with Crippen LogP contribution in [0.3, 0.4) is 0 Å². The van der Waals surface area contributed by atoms with Crippen molar-refractivity contribution >= 4 is 5.91 Å². The molecule has 0 aromatic carbocycles. The van der Waals surface area contributed by atoms with E-state index in [9.17, 15) is 9.90 Å². The summed E-state index contributed by atoms with van der Waals surface area (Å²) >= 11 is 0. The average Bonchev–Trinajstić information content (AvgIpc) is 3.07. The van der Waals surface area contributed by atoms with Gasteiger partial charge in [-0.3, -0.25) is 9.48 Å². The van der Waals surface area contributed by atoms with Gasteiger partial charge < -0.3 is 10.0 Å². The molecule has 0 spiro atoms. The Balaban J connectivity index is 1.80. The van der Waals surface area contributed by atoms with Gasteiger partial charge in [-0.1, -0.05) is 6.42 Å². The van der Waals surface area contributed by atoms with Crippen molar-refractivity contribution in [1.29, 1.82) is 0 Å². The maximum absolute atomic E-state index is 12.6. The normalized spacial score (nSPS) is 31.1. The number of aliphatic hydroxyl groups excluding tert-OH is 1. The number of likely N-dealkylation sites (tertiary alicyclic amines) is 1. The highest BCUT2D eigenvalue weighted by Crippen LogP contribution is 2.36. The van der Waals surface area contributed by atoms with Gasteiger partial charge in [0.25, 0.3) is 5.91 Å². The van der Waals surface area contributed by atoms with Crippen LogP contribution in [0.4, 0.5) is 0 Å². The lowest BCUT2D eigenvalue weighted by Gasteiger charge is -2.31. The topological polar surface area (TPSA) is 58.4 Å². The largest absolute Gasteiger partial charge is 0.393 e. The highest BCUT2D eigenvalue weighted by Gasteiger charge is 2.40. The minimum absolute atomic E-state index is 0.0570. The van der Waals surface area contributed by atoms with Crippen LogP contribution >= 0.6 is 0 Å². The smallest absolute Gasteiger partial charge is 0.272 e. The third kappa shape index (κ3) is 2.16. The Morgan fingerprint density at radius 3 is 2.84 bits per heavy atom. The number of aryl methyl sites for hydroxylation is 1. The molecule has 2 fully saturated rings. The molecule has 1 aliphatic heterocycles. The van der Waals surface area contributed by atoms with Gasteiger partial charge in [0, 0.05) is 31.7 Å². The van der Waals surface area contributed by atoms with Crippen LogP contribution in [-0.4, -0.2) is 44.4 Å². The first-order valence-corrected chi connectivity index (χ1v) is 7.15. The molecule has 0 bridgehead atoms. The lowest BCUT2D eigenvalue weighted by Crippen LogP contribution is -2.43. The summed E-state index contributed by atoms with van der Waals surface area (Å²) in [6.45, 7) is 0.803. The molecule has 19 heavy (non-hydrogen) atoms. The molecule has 1 amide bonds. The minimum atomic E-state index is -0.232. The number of aromatic nitrogens is 2. The number of nitrogens with zero attached hydrogens (tertiary/aromatic N) is 3. The minimum Gasteiger partial charge on any atom is -0.393 e. The molecule has 3 rings (SSSR count). The Morgan fingerprint density at radius 2 is 2.21 bits per heavy atom. The van der Waals surface area contributed by atoms with Crippen LogP contribution < -0.4 is 0 Å². The van der Waals surface area contributed by atoms with Crippen molar-refractivity contribution in [3.8, 4) is 0 Å². The first-order chi connectivity index (χ1) is 9.18. The summed E-state index contributed by atoms with van der Waals surface area (Å²) in [6.07, 6.45) is 6.49. The van der Waals surface area contributed by atoms with Crippen molar-refractivity contribution in [3.63, 3.8) is 0 Å². The monoisotopic (exact) mass is 263 g/mol. The van der Waals surface area contributed by atoms with E-state index in [2.05, 4.69) is 5.10 Å². The molecule has 2 aliphatic rings. The van der Waals surface area contributed by atoms with E-state index >= 15 is 0 Å². The Bertz CT molecular complexity index is 471. The zero-order chi connectivity index (χ0) is 13.4. The highest BCUT2D eigenvalue weighted by molar-refractivity contribution is 5.92. The van der Waals surface area contributed by atoms with Crippen molar-refractivity contribution in [2.24, 2.45) is 13.0 Å². The fourth-order valence-corrected chi connectivity index (χ4v) is 3.64. The number of rotatable bonds is 2. The molecular formula is C14H21N3O2. The van der Waals surface area contributed by atoms with E-state index in [1.54, 1.807) is 24.0 Å². The van der Waals surface area contributed by atoms with Gasteiger partial charge in [-0.15, -0.1) is 0 Å². The predicted octanol–water partition coefficient (Wildman–Crippen LogP) is 1.19. The number of carbonyl (C=O) groups is 1. The summed E-state index contributed by atoms with van der Waals surface area (Å²) in [6, 6.07) is 1.97. The van der Waals surface area contributed by atoms with Crippen LogP contribution in [0.5, 0.6) is 0 Å². The molecular weight excluding hydrogens is 242 g/mol. The molecule has 1 aliphatic carbocycles. The maximum atomic E-state index is 12.6. The summed E-state index contributed by atoms with van der Waals surface area (Å²) < 4.78 is 1.63. The number of aliphatic hydroxyl groups is 1. The van der Waals surface area contributed by atoms with Crippen LogP contribution in [0, 0.1) is 5.92 Å². The molecule has 5 nitrogen and oxygen atoms in total. The fourth-order valence-electron chi connectivity index (χ4n) is 3.64. The molecule has 1 aromatic rings. The van der Waals surface area contributed by atoms with Gasteiger partial charge in [-0.2, -0.15) is 5.10 Å². The predicted molar refractivity (Wildman–Crippen MR) is 70.6 cm³/mol.